The minimum absolute atomic E-state index is 0.340. The molecule has 0 saturated carbocycles. The highest BCUT2D eigenvalue weighted by Crippen LogP contribution is 2.29. The van der Waals surface area contributed by atoms with Crippen molar-refractivity contribution in [3.63, 3.8) is 0 Å². The van der Waals surface area contributed by atoms with Crippen molar-refractivity contribution in [2.75, 3.05) is 5.32 Å². The van der Waals surface area contributed by atoms with Gasteiger partial charge in [-0.3, -0.25) is 10.1 Å². The van der Waals surface area contributed by atoms with Crippen LogP contribution in [0, 0.1) is 6.92 Å². The highest BCUT2D eigenvalue weighted by atomic mass is 32.1. The minimum Gasteiger partial charge on any atom is -0.297 e. The molecule has 0 aliphatic rings. The molecule has 0 radical (unpaired) electrons. The predicted octanol–water partition coefficient (Wildman–Crippen LogP) is 5.18. The van der Waals surface area contributed by atoms with E-state index >= 15 is 0 Å². The van der Waals surface area contributed by atoms with Crippen LogP contribution >= 0.6 is 11.3 Å². The van der Waals surface area contributed by atoms with Crippen molar-refractivity contribution in [1.29, 1.82) is 0 Å². The second-order valence-corrected chi connectivity index (χ2v) is 6.70. The third kappa shape index (κ3) is 5.01. The lowest BCUT2D eigenvalue weighted by Gasteiger charge is -2.05. The van der Waals surface area contributed by atoms with Gasteiger partial charge in [0, 0.05) is 11.6 Å². The summed E-state index contributed by atoms with van der Waals surface area (Å²) in [5.41, 5.74) is 1.78. The first-order chi connectivity index (χ1) is 12.8. The Morgan fingerprint density at radius 3 is 2.33 bits per heavy atom. The molecule has 0 unspecified atom stereocenters. The second-order valence-electron chi connectivity index (χ2n) is 5.72. The first kappa shape index (κ1) is 18.8. The molecular weight excluding hydrogens is 375 g/mol. The lowest BCUT2D eigenvalue weighted by molar-refractivity contribution is -0.137. The summed E-state index contributed by atoms with van der Waals surface area (Å²) in [6, 6.07) is 12.3. The highest BCUT2D eigenvalue weighted by Gasteiger charge is 2.29. The Bertz CT molecular complexity index is 961. The van der Waals surface area contributed by atoms with E-state index in [9.17, 15) is 18.0 Å². The van der Waals surface area contributed by atoms with Gasteiger partial charge in [0.25, 0.3) is 0 Å². The summed E-state index contributed by atoms with van der Waals surface area (Å²) in [4.78, 5) is 12.0. The van der Waals surface area contributed by atoms with Crippen LogP contribution in [0.1, 0.15) is 16.7 Å². The normalized spacial score (nSPS) is 11.7. The number of hydrogen-bond acceptors (Lipinski definition) is 4. The number of hydrogen-bond donors (Lipinski definition) is 1. The van der Waals surface area contributed by atoms with E-state index in [0.717, 1.165) is 23.3 Å². The number of nitrogens with one attached hydrogen (secondary N) is 1. The number of alkyl halides is 3. The third-order valence-electron chi connectivity index (χ3n) is 3.62. The van der Waals surface area contributed by atoms with Crippen molar-refractivity contribution in [1.82, 2.24) is 10.2 Å². The van der Waals surface area contributed by atoms with E-state index in [4.69, 9.17) is 0 Å². The van der Waals surface area contributed by atoms with Crippen molar-refractivity contribution in [3.05, 3.63) is 71.3 Å². The van der Waals surface area contributed by atoms with Gasteiger partial charge in [-0.25, -0.2) is 0 Å². The molecule has 138 valence electrons. The van der Waals surface area contributed by atoms with Crippen LogP contribution in [-0.2, 0) is 11.0 Å². The van der Waals surface area contributed by atoms with Gasteiger partial charge in [0.05, 0.1) is 5.56 Å². The van der Waals surface area contributed by atoms with Gasteiger partial charge < -0.3 is 0 Å². The first-order valence-electron chi connectivity index (χ1n) is 7.88. The molecule has 4 nitrogen and oxygen atoms in total. The molecule has 3 aromatic rings. The molecule has 0 aliphatic heterocycles. The first-order valence-corrected chi connectivity index (χ1v) is 8.70. The number of anilines is 1. The number of carbonyl (C=O) groups is 1. The van der Waals surface area contributed by atoms with Gasteiger partial charge in [0.2, 0.25) is 11.0 Å². The van der Waals surface area contributed by atoms with Gasteiger partial charge in [0.1, 0.15) is 5.01 Å². The highest BCUT2D eigenvalue weighted by molar-refractivity contribution is 7.18. The van der Waals surface area contributed by atoms with Crippen molar-refractivity contribution < 1.29 is 18.0 Å². The molecule has 1 heterocycles. The minimum atomic E-state index is -4.38. The zero-order chi connectivity index (χ0) is 19.4. The molecule has 1 N–H and O–H groups in total. The smallest absolute Gasteiger partial charge is 0.297 e. The van der Waals surface area contributed by atoms with Gasteiger partial charge in [-0.1, -0.05) is 53.3 Å². The van der Waals surface area contributed by atoms with Crippen LogP contribution in [0.25, 0.3) is 16.6 Å². The molecular formula is C19H14F3N3OS. The van der Waals surface area contributed by atoms with E-state index in [2.05, 4.69) is 15.5 Å². The fraction of sp³-hybridized carbons (Fsp3) is 0.105. The molecule has 0 saturated heterocycles. The van der Waals surface area contributed by atoms with Crippen LogP contribution in [0.5, 0.6) is 0 Å². The zero-order valence-corrected chi connectivity index (χ0v) is 14.9. The molecule has 0 aliphatic carbocycles. The average molecular weight is 389 g/mol. The number of halogens is 3. The van der Waals surface area contributed by atoms with Gasteiger partial charge in [0.15, 0.2) is 0 Å². The maximum absolute atomic E-state index is 12.5. The summed E-state index contributed by atoms with van der Waals surface area (Å²) in [6.45, 7) is 1.98. The number of rotatable bonds is 4. The fourth-order valence-corrected chi connectivity index (χ4v) is 2.94. The summed E-state index contributed by atoms with van der Waals surface area (Å²) < 4.78 is 37.6. The molecule has 2 aromatic carbocycles. The van der Waals surface area contributed by atoms with E-state index in [1.165, 1.54) is 35.6 Å². The Kier molecular flexibility index (Phi) is 5.36. The fourth-order valence-electron chi connectivity index (χ4n) is 2.19. The Labute approximate surface area is 157 Å². The maximum Gasteiger partial charge on any atom is 0.416 e. The van der Waals surface area contributed by atoms with Gasteiger partial charge in [-0.2, -0.15) is 13.2 Å². The van der Waals surface area contributed by atoms with Crippen LogP contribution in [0.4, 0.5) is 18.3 Å². The Balaban J connectivity index is 1.62. The zero-order valence-electron chi connectivity index (χ0n) is 14.1. The molecule has 0 atom stereocenters. The molecule has 0 fully saturated rings. The Morgan fingerprint density at radius 1 is 1.04 bits per heavy atom. The van der Waals surface area contributed by atoms with Crippen LogP contribution in [0.2, 0.25) is 0 Å². The molecule has 3 rings (SSSR count). The molecule has 0 bridgehead atoms. The van der Waals surface area contributed by atoms with Gasteiger partial charge in [-0.15, -0.1) is 10.2 Å². The average Bonchev–Trinajstić information content (AvgIpc) is 3.08. The number of nitrogens with zero attached hydrogens (tertiary/aromatic N) is 2. The largest absolute Gasteiger partial charge is 0.416 e. The maximum atomic E-state index is 12.5. The van der Waals surface area contributed by atoms with Crippen molar-refractivity contribution in [2.45, 2.75) is 13.1 Å². The van der Waals surface area contributed by atoms with Crippen LogP contribution in [0.15, 0.2) is 54.6 Å². The number of aromatic nitrogens is 2. The van der Waals surface area contributed by atoms with Gasteiger partial charge >= 0.3 is 6.18 Å². The van der Waals surface area contributed by atoms with E-state index in [0.29, 0.717) is 15.7 Å². The molecule has 8 heteroatoms. The quantitative estimate of drug-likeness (QED) is 0.625. The molecule has 1 amide bonds. The lowest BCUT2D eigenvalue weighted by atomic mass is 10.1. The van der Waals surface area contributed by atoms with E-state index in [1.807, 2.05) is 31.2 Å². The Hall–Kier alpha value is -3.00. The summed E-state index contributed by atoms with van der Waals surface area (Å²) in [6.07, 6.45) is -1.72. The molecule has 27 heavy (non-hydrogen) atoms. The predicted molar refractivity (Wildman–Crippen MR) is 99.2 cm³/mol. The van der Waals surface area contributed by atoms with E-state index in [-0.39, 0.29) is 0 Å². The van der Waals surface area contributed by atoms with Crippen LogP contribution < -0.4 is 5.32 Å². The lowest BCUT2D eigenvalue weighted by Crippen LogP contribution is -2.07. The monoisotopic (exact) mass is 389 g/mol. The van der Waals surface area contributed by atoms with Crippen molar-refractivity contribution in [2.24, 2.45) is 0 Å². The van der Waals surface area contributed by atoms with Gasteiger partial charge in [-0.05, 0) is 30.7 Å². The SMILES string of the molecule is Cc1ccc(-c2nnc(NC(=O)/C=C/c3ccc(C(F)(F)F)cc3)s2)cc1. The summed E-state index contributed by atoms with van der Waals surface area (Å²) in [5, 5.41) is 11.6. The van der Waals surface area contributed by atoms with Crippen LogP contribution in [0.3, 0.4) is 0 Å². The third-order valence-corrected chi connectivity index (χ3v) is 4.51. The summed E-state index contributed by atoms with van der Waals surface area (Å²) >= 11 is 1.23. The van der Waals surface area contributed by atoms with E-state index < -0.39 is 17.6 Å². The standard InChI is InChI=1S/C19H14F3N3OS/c1-12-2-7-14(8-3-12)17-24-25-18(27-17)23-16(26)11-6-13-4-9-15(10-5-13)19(20,21)22/h2-11H,1H3,(H,23,25,26)/b11-6+. The Morgan fingerprint density at radius 2 is 1.70 bits per heavy atom. The molecule has 1 aromatic heterocycles. The number of carbonyl (C=O) groups excluding carboxylic acids is 1. The van der Waals surface area contributed by atoms with Crippen molar-refractivity contribution >= 4 is 28.5 Å². The van der Waals surface area contributed by atoms with Crippen molar-refractivity contribution in [3.8, 4) is 10.6 Å². The number of aryl methyl sites for hydroxylation is 1. The number of amides is 1. The molecule has 0 spiro atoms. The number of benzene rings is 2. The second kappa shape index (κ2) is 7.71. The van der Waals surface area contributed by atoms with E-state index in [1.54, 1.807) is 0 Å². The van der Waals surface area contributed by atoms with Crippen LogP contribution in [-0.4, -0.2) is 16.1 Å². The summed E-state index contributed by atoms with van der Waals surface area (Å²) in [5.74, 6) is -0.443. The summed E-state index contributed by atoms with van der Waals surface area (Å²) in [7, 11) is 0. The topological polar surface area (TPSA) is 54.9 Å².